The number of carbonyl (C=O) groups is 1. The van der Waals surface area contributed by atoms with E-state index in [0.29, 0.717) is 17.3 Å². The molecule has 0 saturated carbocycles. The van der Waals surface area contributed by atoms with Crippen LogP contribution in [0.25, 0.3) is 0 Å². The zero-order chi connectivity index (χ0) is 10.4. The standard InChI is InChI=1S/C10H12ClNO2/c1-2-7-14-10(13)12-9-5-3-8(11)4-6-9/h3-6H,2,7H2,1H3,(H,12,13). The Kier molecular flexibility index (Phi) is 4.26. The molecule has 4 heteroatoms. The second-order valence-corrected chi connectivity index (χ2v) is 3.20. The minimum absolute atomic E-state index is 0.430. The van der Waals surface area contributed by atoms with Crippen LogP contribution < -0.4 is 5.32 Å². The summed E-state index contributed by atoms with van der Waals surface area (Å²) in [6, 6.07) is 6.85. The maximum atomic E-state index is 11.1. The van der Waals surface area contributed by atoms with Gasteiger partial charge in [-0.15, -0.1) is 0 Å². The van der Waals surface area contributed by atoms with Gasteiger partial charge in [-0.05, 0) is 30.7 Å². The molecule has 0 bridgehead atoms. The van der Waals surface area contributed by atoms with E-state index in [-0.39, 0.29) is 0 Å². The summed E-state index contributed by atoms with van der Waals surface area (Å²) in [5, 5.41) is 3.22. The molecule has 1 aromatic carbocycles. The van der Waals surface area contributed by atoms with Crippen molar-refractivity contribution in [3.8, 4) is 0 Å². The van der Waals surface area contributed by atoms with Crippen molar-refractivity contribution in [2.24, 2.45) is 0 Å². The smallest absolute Gasteiger partial charge is 0.411 e. The SMILES string of the molecule is CCCOC(=O)Nc1ccc(Cl)cc1. The Morgan fingerprint density at radius 1 is 1.43 bits per heavy atom. The van der Waals surface area contributed by atoms with Gasteiger partial charge in [-0.3, -0.25) is 5.32 Å². The first-order valence-electron chi connectivity index (χ1n) is 4.41. The summed E-state index contributed by atoms with van der Waals surface area (Å²) in [6.45, 7) is 2.37. The van der Waals surface area contributed by atoms with Crippen molar-refractivity contribution in [3.63, 3.8) is 0 Å². The maximum absolute atomic E-state index is 11.1. The molecule has 1 aromatic rings. The highest BCUT2D eigenvalue weighted by atomic mass is 35.5. The number of halogens is 1. The van der Waals surface area contributed by atoms with E-state index < -0.39 is 6.09 Å². The molecule has 0 saturated heterocycles. The summed E-state index contributed by atoms with van der Waals surface area (Å²) in [5.74, 6) is 0. The molecule has 0 radical (unpaired) electrons. The van der Waals surface area contributed by atoms with Crippen molar-refractivity contribution in [1.29, 1.82) is 0 Å². The Hall–Kier alpha value is -1.22. The van der Waals surface area contributed by atoms with Gasteiger partial charge in [0.1, 0.15) is 0 Å². The Labute approximate surface area is 88.0 Å². The first-order valence-corrected chi connectivity index (χ1v) is 4.79. The van der Waals surface area contributed by atoms with E-state index in [2.05, 4.69) is 5.32 Å². The molecule has 3 nitrogen and oxygen atoms in total. The molecule has 0 spiro atoms. The minimum atomic E-state index is -0.436. The Balaban J connectivity index is 2.44. The van der Waals surface area contributed by atoms with Crippen molar-refractivity contribution in [2.75, 3.05) is 11.9 Å². The van der Waals surface area contributed by atoms with E-state index >= 15 is 0 Å². The van der Waals surface area contributed by atoms with Crippen LogP contribution in [0.5, 0.6) is 0 Å². The fraction of sp³-hybridized carbons (Fsp3) is 0.300. The number of hydrogen-bond acceptors (Lipinski definition) is 2. The van der Waals surface area contributed by atoms with E-state index in [1.165, 1.54) is 0 Å². The van der Waals surface area contributed by atoms with Crippen molar-refractivity contribution in [3.05, 3.63) is 29.3 Å². The lowest BCUT2D eigenvalue weighted by atomic mass is 10.3. The summed E-state index contributed by atoms with van der Waals surface area (Å²) >= 11 is 5.69. The molecular weight excluding hydrogens is 202 g/mol. The third-order valence-corrected chi connectivity index (χ3v) is 1.78. The van der Waals surface area contributed by atoms with Gasteiger partial charge in [-0.1, -0.05) is 18.5 Å². The van der Waals surface area contributed by atoms with Crippen LogP contribution >= 0.6 is 11.6 Å². The molecule has 0 fully saturated rings. The van der Waals surface area contributed by atoms with Crippen LogP contribution in [0.4, 0.5) is 10.5 Å². The Morgan fingerprint density at radius 2 is 2.07 bits per heavy atom. The first kappa shape index (κ1) is 10.9. The second-order valence-electron chi connectivity index (χ2n) is 2.77. The quantitative estimate of drug-likeness (QED) is 0.837. The van der Waals surface area contributed by atoms with Gasteiger partial charge in [0.25, 0.3) is 0 Å². The van der Waals surface area contributed by atoms with Crippen LogP contribution in [0.2, 0.25) is 5.02 Å². The predicted octanol–water partition coefficient (Wildman–Crippen LogP) is 3.30. The molecule has 14 heavy (non-hydrogen) atoms. The highest BCUT2D eigenvalue weighted by Gasteiger charge is 2.01. The van der Waals surface area contributed by atoms with Crippen LogP contribution in [-0.4, -0.2) is 12.7 Å². The number of nitrogens with one attached hydrogen (secondary N) is 1. The van der Waals surface area contributed by atoms with Gasteiger partial charge in [0.05, 0.1) is 6.61 Å². The lowest BCUT2D eigenvalue weighted by molar-refractivity contribution is 0.161. The molecule has 0 aromatic heterocycles. The monoisotopic (exact) mass is 213 g/mol. The van der Waals surface area contributed by atoms with Crippen molar-refractivity contribution in [1.82, 2.24) is 0 Å². The van der Waals surface area contributed by atoms with Gasteiger partial charge in [0.15, 0.2) is 0 Å². The predicted molar refractivity (Wildman–Crippen MR) is 56.7 cm³/mol. The van der Waals surface area contributed by atoms with Gasteiger partial charge in [0.2, 0.25) is 0 Å². The molecule has 0 unspecified atom stereocenters. The van der Waals surface area contributed by atoms with E-state index in [1.54, 1.807) is 24.3 Å². The number of benzene rings is 1. The second kappa shape index (κ2) is 5.50. The molecule has 1 rings (SSSR count). The van der Waals surface area contributed by atoms with E-state index in [0.717, 1.165) is 6.42 Å². The van der Waals surface area contributed by atoms with Crippen molar-refractivity contribution >= 4 is 23.4 Å². The summed E-state index contributed by atoms with van der Waals surface area (Å²) in [5.41, 5.74) is 0.676. The van der Waals surface area contributed by atoms with Gasteiger partial charge in [-0.2, -0.15) is 0 Å². The number of anilines is 1. The molecule has 76 valence electrons. The first-order chi connectivity index (χ1) is 6.72. The largest absolute Gasteiger partial charge is 0.449 e. The minimum Gasteiger partial charge on any atom is -0.449 e. The molecule has 0 aliphatic heterocycles. The highest BCUT2D eigenvalue weighted by molar-refractivity contribution is 6.30. The van der Waals surface area contributed by atoms with Crippen LogP contribution in [0, 0.1) is 0 Å². The molecule has 1 N–H and O–H groups in total. The van der Waals surface area contributed by atoms with E-state index in [1.807, 2.05) is 6.92 Å². The van der Waals surface area contributed by atoms with Crippen LogP contribution in [-0.2, 0) is 4.74 Å². The number of amides is 1. The van der Waals surface area contributed by atoms with Gasteiger partial charge in [-0.25, -0.2) is 4.79 Å². The molecule has 1 amide bonds. The number of rotatable bonds is 3. The Morgan fingerprint density at radius 3 is 2.64 bits per heavy atom. The zero-order valence-corrected chi connectivity index (χ0v) is 8.67. The average Bonchev–Trinajstić information content (AvgIpc) is 2.18. The molecule has 0 aliphatic carbocycles. The summed E-state index contributed by atoms with van der Waals surface area (Å²) < 4.78 is 4.84. The molecule has 0 aliphatic rings. The maximum Gasteiger partial charge on any atom is 0.411 e. The van der Waals surface area contributed by atoms with Gasteiger partial charge < -0.3 is 4.74 Å². The number of carbonyl (C=O) groups excluding carboxylic acids is 1. The summed E-state index contributed by atoms with van der Waals surface area (Å²) in [6.07, 6.45) is 0.378. The van der Waals surface area contributed by atoms with Crippen LogP contribution in [0.3, 0.4) is 0 Å². The van der Waals surface area contributed by atoms with E-state index in [9.17, 15) is 4.79 Å². The molecular formula is C10H12ClNO2. The van der Waals surface area contributed by atoms with Gasteiger partial charge >= 0.3 is 6.09 Å². The Bertz CT molecular complexity index is 297. The summed E-state index contributed by atoms with van der Waals surface area (Å²) in [7, 11) is 0. The third-order valence-electron chi connectivity index (χ3n) is 1.53. The fourth-order valence-electron chi connectivity index (χ4n) is 0.882. The van der Waals surface area contributed by atoms with Crippen molar-refractivity contribution in [2.45, 2.75) is 13.3 Å². The van der Waals surface area contributed by atoms with Gasteiger partial charge in [0, 0.05) is 10.7 Å². The summed E-state index contributed by atoms with van der Waals surface area (Å²) in [4.78, 5) is 11.1. The number of ether oxygens (including phenoxy) is 1. The lowest BCUT2D eigenvalue weighted by Gasteiger charge is -2.05. The third kappa shape index (κ3) is 3.66. The highest BCUT2D eigenvalue weighted by Crippen LogP contribution is 2.13. The van der Waals surface area contributed by atoms with E-state index in [4.69, 9.17) is 16.3 Å². The normalized spacial score (nSPS) is 9.57. The molecule has 0 heterocycles. The zero-order valence-electron chi connectivity index (χ0n) is 7.92. The topological polar surface area (TPSA) is 38.3 Å². The van der Waals surface area contributed by atoms with Crippen LogP contribution in [0.15, 0.2) is 24.3 Å². The fourth-order valence-corrected chi connectivity index (χ4v) is 1.01. The van der Waals surface area contributed by atoms with Crippen LogP contribution in [0.1, 0.15) is 13.3 Å². The lowest BCUT2D eigenvalue weighted by Crippen LogP contribution is -2.13. The molecule has 0 atom stereocenters. The van der Waals surface area contributed by atoms with Crippen molar-refractivity contribution < 1.29 is 9.53 Å². The average molecular weight is 214 g/mol. The number of hydrogen-bond donors (Lipinski definition) is 1.